The number of nitrogens with zero attached hydrogens (tertiary/aromatic N) is 2. The smallest absolute Gasteiger partial charge is 0.351 e. The van der Waals surface area contributed by atoms with Crippen molar-refractivity contribution >= 4 is 0 Å². The fraction of sp³-hybridized carbons (Fsp3) is 0.700. The maximum absolute atomic E-state index is 12.3. The Bertz CT molecular complexity index is 417. The lowest BCUT2D eigenvalue weighted by molar-refractivity contribution is -0.155. The lowest BCUT2D eigenvalue weighted by Crippen LogP contribution is -2.70. The molecule has 2 fully saturated rings. The minimum Gasteiger partial charge on any atom is -0.351 e. The molecule has 7 heteroatoms. The molecule has 1 aromatic heterocycles. The van der Waals surface area contributed by atoms with E-state index in [1.807, 2.05) is 0 Å². The molecule has 3 rings (SSSR count). The summed E-state index contributed by atoms with van der Waals surface area (Å²) >= 11 is 0. The Morgan fingerprint density at radius 3 is 2.59 bits per heavy atom. The van der Waals surface area contributed by atoms with E-state index in [0.29, 0.717) is 17.7 Å². The SMILES string of the molecule is FC(F)(F)c1cc(CN2CC3(CNC3)C2)no1. The van der Waals surface area contributed by atoms with Crippen molar-refractivity contribution in [3.63, 3.8) is 0 Å². The first-order valence-corrected chi connectivity index (χ1v) is 5.43. The average Bonchev–Trinajstić information content (AvgIpc) is 2.54. The van der Waals surface area contributed by atoms with Gasteiger partial charge >= 0.3 is 6.18 Å². The van der Waals surface area contributed by atoms with Crippen LogP contribution in [0.15, 0.2) is 10.6 Å². The molecule has 0 amide bonds. The van der Waals surface area contributed by atoms with Crippen molar-refractivity contribution in [1.82, 2.24) is 15.4 Å². The molecular formula is C10H12F3N3O. The molecule has 2 aliphatic rings. The van der Waals surface area contributed by atoms with Crippen LogP contribution >= 0.6 is 0 Å². The van der Waals surface area contributed by atoms with E-state index in [1.54, 1.807) is 0 Å². The Kier molecular flexibility index (Phi) is 2.24. The quantitative estimate of drug-likeness (QED) is 0.849. The van der Waals surface area contributed by atoms with Crippen LogP contribution in [0.5, 0.6) is 0 Å². The van der Waals surface area contributed by atoms with Crippen molar-refractivity contribution in [2.45, 2.75) is 12.7 Å². The fourth-order valence-corrected chi connectivity index (χ4v) is 2.47. The molecular weight excluding hydrogens is 235 g/mol. The van der Waals surface area contributed by atoms with Crippen LogP contribution < -0.4 is 5.32 Å². The number of hydrogen-bond acceptors (Lipinski definition) is 4. The maximum Gasteiger partial charge on any atom is 0.452 e. The highest BCUT2D eigenvalue weighted by Crippen LogP contribution is 2.35. The van der Waals surface area contributed by atoms with Gasteiger partial charge in [0.05, 0.1) is 5.69 Å². The molecule has 0 aromatic carbocycles. The Morgan fingerprint density at radius 2 is 2.12 bits per heavy atom. The molecule has 1 spiro atoms. The van der Waals surface area contributed by atoms with Crippen molar-refractivity contribution in [1.29, 1.82) is 0 Å². The molecule has 1 aromatic rings. The van der Waals surface area contributed by atoms with Crippen LogP contribution in [-0.4, -0.2) is 36.2 Å². The van der Waals surface area contributed by atoms with Crippen LogP contribution in [0.25, 0.3) is 0 Å². The summed E-state index contributed by atoms with van der Waals surface area (Å²) in [6.45, 7) is 4.30. The van der Waals surface area contributed by atoms with Gasteiger partial charge in [0, 0.05) is 44.2 Å². The Hall–Kier alpha value is -1.08. The number of halogens is 3. The zero-order valence-electron chi connectivity index (χ0n) is 9.05. The topological polar surface area (TPSA) is 41.3 Å². The summed E-state index contributed by atoms with van der Waals surface area (Å²) in [6, 6.07) is 0.976. The van der Waals surface area contributed by atoms with Gasteiger partial charge in [0.15, 0.2) is 0 Å². The van der Waals surface area contributed by atoms with Gasteiger partial charge in [-0.25, -0.2) is 0 Å². The van der Waals surface area contributed by atoms with Crippen molar-refractivity contribution in [2.75, 3.05) is 26.2 Å². The number of nitrogens with one attached hydrogen (secondary N) is 1. The number of likely N-dealkylation sites (tertiary alicyclic amines) is 1. The summed E-state index contributed by atoms with van der Waals surface area (Å²) in [7, 11) is 0. The summed E-state index contributed by atoms with van der Waals surface area (Å²) < 4.78 is 41.1. The first-order chi connectivity index (χ1) is 7.97. The Morgan fingerprint density at radius 1 is 1.41 bits per heavy atom. The van der Waals surface area contributed by atoms with Crippen LogP contribution in [0.3, 0.4) is 0 Å². The maximum atomic E-state index is 12.3. The average molecular weight is 247 g/mol. The van der Waals surface area contributed by atoms with Crippen molar-refractivity contribution < 1.29 is 17.7 Å². The van der Waals surface area contributed by atoms with Gasteiger partial charge in [0.2, 0.25) is 5.76 Å². The van der Waals surface area contributed by atoms with Gasteiger partial charge in [0.1, 0.15) is 0 Å². The molecule has 0 unspecified atom stereocenters. The molecule has 0 atom stereocenters. The van der Waals surface area contributed by atoms with Crippen molar-refractivity contribution in [3.8, 4) is 0 Å². The van der Waals surface area contributed by atoms with E-state index >= 15 is 0 Å². The molecule has 0 radical (unpaired) electrons. The van der Waals surface area contributed by atoms with E-state index in [1.165, 1.54) is 0 Å². The van der Waals surface area contributed by atoms with E-state index in [4.69, 9.17) is 0 Å². The summed E-state index contributed by atoms with van der Waals surface area (Å²) in [5.74, 6) is -1.02. The number of aromatic nitrogens is 1. The van der Waals surface area contributed by atoms with Crippen LogP contribution in [0.1, 0.15) is 11.5 Å². The molecule has 2 saturated heterocycles. The highest BCUT2D eigenvalue weighted by Gasteiger charge is 2.47. The van der Waals surface area contributed by atoms with Gasteiger partial charge < -0.3 is 9.84 Å². The molecule has 1 N–H and O–H groups in total. The minimum atomic E-state index is -4.45. The van der Waals surface area contributed by atoms with E-state index in [-0.39, 0.29) is 0 Å². The number of rotatable bonds is 2. The number of alkyl halides is 3. The summed E-state index contributed by atoms with van der Waals surface area (Å²) in [5, 5.41) is 6.65. The van der Waals surface area contributed by atoms with Gasteiger partial charge in [-0.3, -0.25) is 4.90 Å². The van der Waals surface area contributed by atoms with E-state index in [9.17, 15) is 13.2 Å². The van der Waals surface area contributed by atoms with E-state index in [0.717, 1.165) is 32.2 Å². The lowest BCUT2D eigenvalue weighted by atomic mass is 9.74. The largest absolute Gasteiger partial charge is 0.452 e. The standard InChI is InChI=1S/C10H12F3N3O/c11-10(12,13)8-1-7(15-17-8)2-16-5-9(6-16)3-14-4-9/h1,14H,2-6H2. The van der Waals surface area contributed by atoms with Gasteiger partial charge in [-0.15, -0.1) is 0 Å². The molecule has 0 saturated carbocycles. The minimum absolute atomic E-state index is 0.347. The third-order valence-electron chi connectivity index (χ3n) is 3.34. The second-order valence-electron chi connectivity index (χ2n) is 4.93. The van der Waals surface area contributed by atoms with E-state index in [2.05, 4.69) is 19.9 Å². The highest BCUT2D eigenvalue weighted by molar-refractivity contribution is 5.11. The highest BCUT2D eigenvalue weighted by atomic mass is 19.4. The monoisotopic (exact) mass is 247 g/mol. The summed E-state index contributed by atoms with van der Waals surface area (Å²) in [6.07, 6.45) is -4.45. The van der Waals surface area contributed by atoms with Gasteiger partial charge in [-0.1, -0.05) is 5.16 Å². The summed E-state index contributed by atoms with van der Waals surface area (Å²) in [5.41, 5.74) is 0.718. The number of hydrogen-bond donors (Lipinski definition) is 1. The first-order valence-electron chi connectivity index (χ1n) is 5.43. The second kappa shape index (κ2) is 3.46. The first kappa shape index (κ1) is 11.0. The van der Waals surface area contributed by atoms with Crippen LogP contribution in [0, 0.1) is 5.41 Å². The Balaban J connectivity index is 1.57. The predicted molar refractivity (Wildman–Crippen MR) is 52.1 cm³/mol. The zero-order chi connectivity index (χ0) is 12.1. The van der Waals surface area contributed by atoms with Crippen LogP contribution in [0.2, 0.25) is 0 Å². The van der Waals surface area contributed by atoms with Crippen LogP contribution in [0.4, 0.5) is 13.2 Å². The lowest BCUT2D eigenvalue weighted by Gasteiger charge is -2.56. The van der Waals surface area contributed by atoms with Crippen molar-refractivity contribution in [3.05, 3.63) is 17.5 Å². The third kappa shape index (κ3) is 1.93. The third-order valence-corrected chi connectivity index (χ3v) is 3.34. The van der Waals surface area contributed by atoms with Crippen molar-refractivity contribution in [2.24, 2.45) is 5.41 Å². The fourth-order valence-electron chi connectivity index (χ4n) is 2.47. The Labute approximate surface area is 95.7 Å². The molecule has 4 nitrogen and oxygen atoms in total. The predicted octanol–water partition coefficient (Wildman–Crippen LogP) is 1.10. The summed E-state index contributed by atoms with van der Waals surface area (Å²) in [4.78, 5) is 2.08. The van der Waals surface area contributed by atoms with Crippen LogP contribution in [-0.2, 0) is 12.7 Å². The van der Waals surface area contributed by atoms with Gasteiger partial charge in [-0.2, -0.15) is 13.2 Å². The molecule has 0 aliphatic carbocycles. The molecule has 3 heterocycles. The molecule has 94 valence electrons. The molecule has 2 aliphatic heterocycles. The van der Waals surface area contributed by atoms with Gasteiger partial charge in [0.25, 0.3) is 0 Å². The zero-order valence-corrected chi connectivity index (χ0v) is 9.05. The second-order valence-corrected chi connectivity index (χ2v) is 4.93. The normalized spacial score (nSPS) is 23.5. The van der Waals surface area contributed by atoms with Gasteiger partial charge in [-0.05, 0) is 0 Å². The van der Waals surface area contributed by atoms with E-state index < -0.39 is 11.9 Å². The molecule has 17 heavy (non-hydrogen) atoms. The molecule has 0 bridgehead atoms.